The third-order valence-electron chi connectivity index (χ3n) is 5.83. The topological polar surface area (TPSA) is 56.4 Å². The molecule has 5 nitrogen and oxygen atoms in total. The second-order valence-electron chi connectivity index (χ2n) is 7.78. The van der Waals surface area contributed by atoms with Crippen LogP contribution in [0.25, 0.3) is 0 Å². The van der Waals surface area contributed by atoms with E-state index in [1.165, 1.54) is 24.0 Å². The third kappa shape index (κ3) is 4.72. The molecule has 0 spiro atoms. The Morgan fingerprint density at radius 3 is 2.64 bits per heavy atom. The van der Waals surface area contributed by atoms with Gasteiger partial charge in [-0.05, 0) is 55.6 Å². The summed E-state index contributed by atoms with van der Waals surface area (Å²) >= 11 is 0. The number of carbonyl (C=O) groups is 1. The highest BCUT2D eigenvalue weighted by Gasteiger charge is 2.22. The number of nitrogens with zero attached hydrogens (tertiary/aromatic N) is 1. The van der Waals surface area contributed by atoms with E-state index in [-0.39, 0.29) is 18.1 Å². The molecule has 1 saturated heterocycles. The van der Waals surface area contributed by atoms with E-state index in [0.717, 1.165) is 38.2 Å². The molecule has 0 saturated carbocycles. The first kappa shape index (κ1) is 19.0. The van der Waals surface area contributed by atoms with E-state index in [1.54, 1.807) is 0 Å². The van der Waals surface area contributed by atoms with E-state index in [9.17, 15) is 4.79 Å². The lowest BCUT2D eigenvalue weighted by Crippen LogP contribution is -2.45. The Morgan fingerprint density at radius 1 is 1.07 bits per heavy atom. The number of carbonyl (C=O) groups excluding carboxylic acids is 1. The van der Waals surface area contributed by atoms with Crippen LogP contribution in [-0.2, 0) is 6.42 Å². The Balaban J connectivity index is 1.36. The van der Waals surface area contributed by atoms with Crippen LogP contribution in [0.3, 0.4) is 0 Å². The fourth-order valence-electron chi connectivity index (χ4n) is 4.32. The normalized spacial score (nSPS) is 20.4. The molecule has 2 aromatic carbocycles. The number of fused-ring (bicyclic) bond motifs is 1. The number of nitrogens with one attached hydrogen (secondary N) is 3. The standard InChI is InChI=1S/C23H30N4O/c28-23(25-16-21-20-11-5-4-8-18(20)12-13-24-21)26-22(17-27-14-6-7-15-27)19-9-2-1-3-10-19/h1-5,8-11,21-22,24H,6-7,12-17H2,(H2,25,26,28). The molecule has 4 rings (SSSR count). The van der Waals surface area contributed by atoms with Gasteiger partial charge in [-0.25, -0.2) is 4.79 Å². The fourth-order valence-corrected chi connectivity index (χ4v) is 4.32. The average molecular weight is 379 g/mol. The zero-order valence-electron chi connectivity index (χ0n) is 16.4. The summed E-state index contributed by atoms with van der Waals surface area (Å²) in [5.41, 5.74) is 3.83. The van der Waals surface area contributed by atoms with Gasteiger partial charge in [0.05, 0.1) is 6.04 Å². The molecule has 3 N–H and O–H groups in total. The zero-order valence-corrected chi connectivity index (χ0v) is 16.4. The number of urea groups is 1. The summed E-state index contributed by atoms with van der Waals surface area (Å²) in [7, 11) is 0. The minimum absolute atomic E-state index is 0.00546. The van der Waals surface area contributed by atoms with Gasteiger partial charge in [0.2, 0.25) is 0 Å². The largest absolute Gasteiger partial charge is 0.336 e. The van der Waals surface area contributed by atoms with Crippen LogP contribution in [0.1, 0.15) is 41.6 Å². The van der Waals surface area contributed by atoms with Gasteiger partial charge in [-0.2, -0.15) is 0 Å². The van der Waals surface area contributed by atoms with Crippen LogP contribution in [0.15, 0.2) is 54.6 Å². The molecule has 5 heteroatoms. The molecule has 2 aromatic rings. The quantitative estimate of drug-likeness (QED) is 0.724. The molecule has 0 bridgehead atoms. The Kier molecular flexibility index (Phi) is 6.24. The maximum atomic E-state index is 12.7. The van der Waals surface area contributed by atoms with Crippen molar-refractivity contribution in [2.24, 2.45) is 0 Å². The highest BCUT2D eigenvalue weighted by atomic mass is 16.2. The van der Waals surface area contributed by atoms with Crippen LogP contribution in [0.5, 0.6) is 0 Å². The van der Waals surface area contributed by atoms with Crippen LogP contribution < -0.4 is 16.0 Å². The van der Waals surface area contributed by atoms with Gasteiger partial charge in [-0.3, -0.25) is 0 Å². The molecule has 1 fully saturated rings. The van der Waals surface area contributed by atoms with Gasteiger partial charge in [-0.15, -0.1) is 0 Å². The highest BCUT2D eigenvalue weighted by molar-refractivity contribution is 5.74. The predicted molar refractivity (Wildman–Crippen MR) is 112 cm³/mol. The number of hydrogen-bond acceptors (Lipinski definition) is 3. The Morgan fingerprint density at radius 2 is 1.82 bits per heavy atom. The van der Waals surface area contributed by atoms with E-state index < -0.39 is 0 Å². The van der Waals surface area contributed by atoms with Gasteiger partial charge in [0.25, 0.3) is 0 Å². The second-order valence-corrected chi connectivity index (χ2v) is 7.78. The smallest absolute Gasteiger partial charge is 0.315 e. The first-order chi connectivity index (χ1) is 13.8. The molecular weight excluding hydrogens is 348 g/mol. The summed E-state index contributed by atoms with van der Waals surface area (Å²) < 4.78 is 0. The summed E-state index contributed by atoms with van der Waals surface area (Å²) in [6, 6.07) is 18.9. The van der Waals surface area contributed by atoms with Crippen molar-refractivity contribution in [1.82, 2.24) is 20.9 Å². The molecule has 2 aliphatic heterocycles. The zero-order chi connectivity index (χ0) is 19.2. The number of hydrogen-bond donors (Lipinski definition) is 3. The van der Waals surface area contributed by atoms with Crippen LogP contribution in [0.4, 0.5) is 4.79 Å². The minimum atomic E-state index is -0.0992. The van der Waals surface area contributed by atoms with E-state index in [0.29, 0.717) is 6.54 Å². The average Bonchev–Trinajstić information content (AvgIpc) is 3.25. The maximum absolute atomic E-state index is 12.7. The van der Waals surface area contributed by atoms with Gasteiger partial charge >= 0.3 is 6.03 Å². The van der Waals surface area contributed by atoms with E-state index >= 15 is 0 Å². The van der Waals surface area contributed by atoms with Crippen molar-refractivity contribution in [3.63, 3.8) is 0 Å². The molecule has 2 amide bonds. The van der Waals surface area contributed by atoms with Crippen molar-refractivity contribution in [3.8, 4) is 0 Å². The van der Waals surface area contributed by atoms with Gasteiger partial charge in [0.15, 0.2) is 0 Å². The van der Waals surface area contributed by atoms with Crippen molar-refractivity contribution < 1.29 is 4.79 Å². The minimum Gasteiger partial charge on any atom is -0.336 e. The summed E-state index contributed by atoms with van der Waals surface area (Å²) in [6.45, 7) is 4.65. The number of likely N-dealkylation sites (tertiary alicyclic amines) is 1. The summed E-state index contributed by atoms with van der Waals surface area (Å²) in [5.74, 6) is 0. The molecule has 148 valence electrons. The molecule has 28 heavy (non-hydrogen) atoms. The molecule has 2 heterocycles. The lowest BCUT2D eigenvalue weighted by molar-refractivity contribution is 0.228. The summed E-state index contributed by atoms with van der Waals surface area (Å²) in [6.07, 6.45) is 3.55. The van der Waals surface area contributed by atoms with E-state index in [4.69, 9.17) is 0 Å². The monoisotopic (exact) mass is 378 g/mol. The first-order valence-corrected chi connectivity index (χ1v) is 10.4. The van der Waals surface area contributed by atoms with Crippen molar-refractivity contribution in [1.29, 1.82) is 0 Å². The molecular formula is C23H30N4O. The molecule has 0 aliphatic carbocycles. The van der Waals surface area contributed by atoms with Gasteiger partial charge in [0.1, 0.15) is 0 Å². The van der Waals surface area contributed by atoms with Gasteiger partial charge in [-0.1, -0.05) is 54.6 Å². The van der Waals surface area contributed by atoms with Crippen LogP contribution in [-0.4, -0.2) is 43.7 Å². The van der Waals surface area contributed by atoms with E-state index in [1.807, 2.05) is 18.2 Å². The lowest BCUT2D eigenvalue weighted by Gasteiger charge is -2.28. The number of benzene rings is 2. The summed E-state index contributed by atoms with van der Waals surface area (Å²) in [4.78, 5) is 15.1. The first-order valence-electron chi connectivity index (χ1n) is 10.4. The van der Waals surface area contributed by atoms with Crippen molar-refractivity contribution >= 4 is 6.03 Å². The van der Waals surface area contributed by atoms with Crippen LogP contribution >= 0.6 is 0 Å². The maximum Gasteiger partial charge on any atom is 0.315 e. The lowest BCUT2D eigenvalue weighted by atomic mass is 9.94. The van der Waals surface area contributed by atoms with Crippen molar-refractivity contribution in [2.75, 3.05) is 32.7 Å². The Bertz CT molecular complexity index is 773. The van der Waals surface area contributed by atoms with E-state index in [2.05, 4.69) is 57.2 Å². The summed E-state index contributed by atoms with van der Waals surface area (Å²) in [5, 5.41) is 9.82. The number of amides is 2. The van der Waals surface area contributed by atoms with Crippen LogP contribution in [0.2, 0.25) is 0 Å². The second kappa shape index (κ2) is 9.22. The molecule has 2 unspecified atom stereocenters. The highest BCUT2D eigenvalue weighted by Crippen LogP contribution is 2.22. The third-order valence-corrected chi connectivity index (χ3v) is 5.83. The SMILES string of the molecule is O=C(NCC1NCCc2ccccc21)NC(CN1CCCC1)c1ccccc1. The molecule has 0 aromatic heterocycles. The van der Waals surface area contributed by atoms with Gasteiger partial charge < -0.3 is 20.9 Å². The molecule has 2 atom stereocenters. The van der Waals surface area contributed by atoms with Crippen molar-refractivity contribution in [3.05, 3.63) is 71.3 Å². The van der Waals surface area contributed by atoms with Crippen molar-refractivity contribution in [2.45, 2.75) is 31.3 Å². The predicted octanol–water partition coefficient (Wildman–Crippen LogP) is 3.01. The number of rotatable bonds is 6. The molecule has 2 aliphatic rings. The van der Waals surface area contributed by atoms with Gasteiger partial charge in [0, 0.05) is 19.1 Å². The van der Waals surface area contributed by atoms with Crippen LogP contribution in [0, 0.1) is 0 Å². The Hall–Kier alpha value is -2.37. The fraction of sp³-hybridized carbons (Fsp3) is 0.435. The Labute approximate surface area is 167 Å². The molecule has 0 radical (unpaired) electrons.